The molecule has 0 fully saturated rings. The maximum absolute atomic E-state index is 14.4. The lowest BCUT2D eigenvalue weighted by atomic mass is 9.96. The number of thioether (sulfide) groups is 2. The fourth-order valence-corrected chi connectivity index (χ4v) is 12.0. The van der Waals surface area contributed by atoms with Gasteiger partial charge in [-0.3, -0.25) is 110 Å². The molecular weight excluding hydrogens is 1700 g/mol. The van der Waals surface area contributed by atoms with Crippen molar-refractivity contribution in [3.8, 4) is 0 Å². The molecule has 0 saturated carbocycles. The molecule has 0 aromatic carbocycles. The van der Waals surface area contributed by atoms with Crippen LogP contribution in [0.3, 0.4) is 0 Å². The molecule has 14 amide bonds. The van der Waals surface area contributed by atoms with Gasteiger partial charge in [0.2, 0.25) is 87.8 Å². The quantitative estimate of drug-likeness (QED) is 0.0252. The van der Waals surface area contributed by atoms with Crippen LogP contribution in [0.1, 0.15) is 132 Å². The van der Waals surface area contributed by atoms with Gasteiger partial charge >= 0.3 is 57.4 Å². The number of carbonyl (C=O) groups is 22. The van der Waals surface area contributed by atoms with E-state index in [4.69, 9.17) is 11.5 Å². The Morgan fingerprint density at radius 1 is 0.375 bits per heavy atom. The lowest BCUT2D eigenvalue weighted by Crippen LogP contribution is -2.62. The fraction of sp³-hybridized carbons (Fsp3) is 0.656. The molecule has 0 unspecified atom stereocenters. The maximum Gasteiger partial charge on any atom is 0.469 e. The van der Waals surface area contributed by atoms with Gasteiger partial charge < -0.3 is 136 Å². The van der Waals surface area contributed by atoms with Gasteiger partial charge in [0.05, 0.1) is 57.4 Å². The van der Waals surface area contributed by atoms with Gasteiger partial charge in [-0.25, -0.2) is 13.9 Å². The zero-order chi connectivity index (χ0) is 92.6. The maximum atomic E-state index is 14.4. The van der Waals surface area contributed by atoms with E-state index in [1.807, 2.05) is 37.2 Å². The van der Waals surface area contributed by atoms with Crippen LogP contribution in [0, 0.1) is 17.8 Å². The first-order chi connectivity index (χ1) is 55.4. The summed E-state index contributed by atoms with van der Waals surface area (Å²) in [7, 11) is -11.0. The molecule has 0 saturated heterocycles. The number of carboxylic acid groups (broad SMARTS) is 7. The Balaban J connectivity index is 7.22. The van der Waals surface area contributed by atoms with Crippen molar-refractivity contribution >= 4 is 169 Å². The van der Waals surface area contributed by atoms with Gasteiger partial charge in [-0.15, -0.1) is 0 Å². The first kappa shape index (κ1) is 109. The molecule has 0 rings (SSSR count). The summed E-state index contributed by atoms with van der Waals surface area (Å²) in [5.41, 5.74) is 11.1. The number of aliphatic carboxylic acids is 7. The van der Waals surface area contributed by atoms with Crippen LogP contribution in [-0.2, 0) is 124 Å². The average Bonchev–Trinajstić information content (AvgIpc) is 0.850. The molecule has 120 heavy (non-hydrogen) atoms. The van der Waals surface area contributed by atoms with Crippen LogP contribution in [0.25, 0.3) is 0 Å². The zero-order valence-corrected chi connectivity index (χ0v) is 69.2. The second-order valence-corrected chi connectivity index (χ2v) is 31.8. The van der Waals surface area contributed by atoms with Gasteiger partial charge in [0, 0.05) is 25.0 Å². The smallest absolute Gasteiger partial charge is 0.469 e. The van der Waals surface area contributed by atoms with Crippen molar-refractivity contribution < 1.29 is 179 Å². The first-order valence-corrected chi connectivity index (χ1v) is 41.4. The summed E-state index contributed by atoms with van der Waals surface area (Å²) >= 11 is 1.74. The Bertz CT molecular complexity index is 3810. The van der Waals surface area contributed by atoms with Crippen LogP contribution < -0.4 is 80.6 Å². The molecule has 0 aliphatic heterocycles. The molecule has 0 radical (unpaired) electrons. The summed E-state index contributed by atoms with van der Waals surface area (Å²) in [5.74, 6) is -34.7. The lowest BCUT2D eigenvalue weighted by molar-refractivity contribution is -0.144. The van der Waals surface area contributed by atoms with E-state index in [2.05, 4.69) is 40.9 Å². The van der Waals surface area contributed by atoms with Gasteiger partial charge in [0.25, 0.3) is 0 Å². The largest absolute Gasteiger partial charge is 0.481 e. The number of amides is 14. The van der Waals surface area contributed by atoms with Crippen molar-refractivity contribution in [3.05, 3.63) is 0 Å². The van der Waals surface area contributed by atoms with Crippen molar-refractivity contribution in [2.24, 2.45) is 29.2 Å². The molecule has 0 aliphatic rings. The third-order valence-corrected chi connectivity index (χ3v) is 19.0. The molecule has 678 valence electrons. The Labute approximate surface area is 690 Å². The van der Waals surface area contributed by atoms with Crippen molar-refractivity contribution in [1.29, 1.82) is 0 Å². The molecule has 0 aliphatic carbocycles. The molecule has 28 N–H and O–H groups in total. The number of carbonyl (C=O) groups excluding carboxylic acids is 15. The highest BCUT2D eigenvalue weighted by molar-refractivity contribution is 8.13. The van der Waals surface area contributed by atoms with Crippen LogP contribution in [0.5, 0.6) is 0 Å². The molecule has 56 heteroatoms. The van der Waals surface area contributed by atoms with E-state index in [0.717, 1.165) is 6.92 Å². The molecule has 0 heterocycles. The van der Waals surface area contributed by atoms with Crippen LogP contribution in [-0.4, -0.2) is 300 Å². The van der Waals surface area contributed by atoms with Gasteiger partial charge in [0.1, 0.15) is 72.5 Å². The first-order valence-electron chi connectivity index (χ1n) is 36.0. The number of carboxylic acids is 7. The number of rotatable bonds is 60. The second-order valence-electron chi connectivity index (χ2n) is 27.3. The number of nitrogens with one attached hydrogen (secondary N) is 13. The minimum Gasteiger partial charge on any atom is -0.481 e. The third-order valence-electron chi connectivity index (χ3n) is 16.4. The van der Waals surface area contributed by atoms with Crippen molar-refractivity contribution in [3.63, 3.8) is 0 Å². The molecule has 0 spiro atoms. The van der Waals surface area contributed by atoms with Crippen LogP contribution in [0.4, 0.5) is 0 Å². The molecule has 0 aromatic heterocycles. The van der Waals surface area contributed by atoms with Gasteiger partial charge in [-0.1, -0.05) is 59.7 Å². The summed E-state index contributed by atoms with van der Waals surface area (Å²) in [6.45, 7) is 6.91. The fourth-order valence-electron chi connectivity index (χ4n) is 9.99. The number of hydrogen-bond acceptors (Lipinski definition) is 29. The zero-order valence-electron chi connectivity index (χ0n) is 65.7. The summed E-state index contributed by atoms with van der Waals surface area (Å²) < 4.78 is 32.2. The Hall–Kier alpha value is -10.6. The Kier molecular flexibility index (Phi) is 49.1. The van der Waals surface area contributed by atoms with E-state index in [1.54, 1.807) is 20.1 Å². The second kappa shape index (κ2) is 53.9. The number of nitrogens with two attached hydrogens (primary N) is 2. The molecular formula is C64H103N15O37P2S2. The third kappa shape index (κ3) is 45.6. The van der Waals surface area contributed by atoms with E-state index >= 15 is 0 Å². The highest BCUT2D eigenvalue weighted by atomic mass is 32.2. The van der Waals surface area contributed by atoms with E-state index in [1.165, 1.54) is 39.5 Å². The van der Waals surface area contributed by atoms with E-state index < -0.39 is 313 Å². The summed E-state index contributed by atoms with van der Waals surface area (Å²) in [5, 5.41) is 93.4. The minimum atomic E-state index is -5.62. The van der Waals surface area contributed by atoms with E-state index in [0.29, 0.717) is 17.5 Å². The number of phosphoric acid groups is 2. The van der Waals surface area contributed by atoms with Gasteiger partial charge in [-0.2, -0.15) is 11.8 Å². The molecule has 0 bridgehead atoms. The predicted octanol–water partition coefficient (Wildman–Crippen LogP) is -8.41. The highest BCUT2D eigenvalue weighted by Crippen LogP contribution is 2.36. The summed E-state index contributed by atoms with van der Waals surface area (Å²) in [4.78, 5) is 326. The normalized spacial score (nSPS) is 15.1. The molecule has 52 nitrogen and oxygen atoms in total. The van der Waals surface area contributed by atoms with E-state index in [9.17, 15) is 170 Å². The average molecular weight is 1800 g/mol. The van der Waals surface area contributed by atoms with Crippen molar-refractivity contribution in [1.82, 2.24) is 69.1 Å². The van der Waals surface area contributed by atoms with Crippen molar-refractivity contribution in [2.75, 3.05) is 31.0 Å². The number of phosphoric ester groups is 2. The van der Waals surface area contributed by atoms with Gasteiger partial charge in [-0.05, 0) is 62.4 Å². The van der Waals surface area contributed by atoms with Crippen LogP contribution in [0.2, 0.25) is 0 Å². The van der Waals surface area contributed by atoms with Gasteiger partial charge in [0.15, 0.2) is 0 Å². The van der Waals surface area contributed by atoms with Crippen LogP contribution >= 0.6 is 39.2 Å². The summed E-state index contributed by atoms with van der Waals surface area (Å²) in [6.07, 6.45) is -9.38. The molecule has 15 atom stereocenters. The summed E-state index contributed by atoms with van der Waals surface area (Å²) in [6, 6.07) is -28.5. The molecule has 0 aromatic rings. The Morgan fingerprint density at radius 3 is 1.04 bits per heavy atom. The number of hydrogen-bond donors (Lipinski definition) is 26. The van der Waals surface area contributed by atoms with E-state index in [-0.39, 0.29) is 37.4 Å². The topological polar surface area (TPSA) is 859 Å². The Morgan fingerprint density at radius 2 is 0.700 bits per heavy atom. The lowest BCUT2D eigenvalue weighted by Gasteiger charge is -2.30. The minimum absolute atomic E-state index is 0.00830. The van der Waals surface area contributed by atoms with Crippen molar-refractivity contribution in [2.45, 2.75) is 217 Å². The predicted molar refractivity (Wildman–Crippen MR) is 408 cm³/mol. The van der Waals surface area contributed by atoms with Crippen LogP contribution in [0.15, 0.2) is 0 Å². The number of primary amides is 1. The SMILES string of the molecule is CC[C@H](C)[C@H](NC(=O)[C@H](CC(=O)O)NC(=O)[C@H](CC(=O)O)NC(=O)[C@H](CC(N)=O)NC(=O)[C@H](CC(=O)O)NC(=O)[C@H](COP(=O)(O)O)NC(=O)[C@@H](N)CCSC)C(=O)N[C@@H](CCC(=O)O)C(=O)N[C@H](C(=O)N[C@@H](CCC(=O)O)C(=O)N[C@@H](COP(=O)(O)O)C(=O)N[C@@H](CC(=O)O)C(=O)N[C@@H](C)C(=O)SCCC(=O)N[C@@H](CC(C)C)C(=O)O)C(C)C. The standard InChI is InChI=1S/C64H103N15O37P2S2/c1-9-28(6)50(79-58(101)37(23-48(92)93)73-57(100)35(21-46(88)89)72-55(98)33(19-41(66)80)71-56(99)36(22-47(90)91)75-59(102)39(24-115-117(109,110)111)76-51(94)30(65)14-16-119-8)62(105)70-32(11-13-44(84)85)53(96)78-49(27(4)5)61(104)69-31(10-12-43(82)83)52(95)77-40(25-116-118(112,113)114)60(103)74-34(20-45(86)87)54(97)67-29(7)64(108)120-17-15-42(81)68-38(63(106)107)18-26(2)3/h26-40,49-50H,9-25,65H2,1-8H3,(H2,66,80)(H,67,97)(H,68,81)(H,69,104)(H,70,105)(H,71,99)(H,72,98)(H,73,100)(H,74,103)(H,75,102)(H,76,94)(H,77,95)(H,78,96)(H,79,101)(H,82,83)(H,84,85)(H,86,87)(H,88,89)(H,90,91)(H,92,93)(H,106,107)(H2,109,110,111)(H2,112,113,114)/t28-,29-,30-,31-,32-,33-,34-,35-,36-,37-,38-,39-,40-,49-,50-/m0/s1. The monoisotopic (exact) mass is 1800 g/mol. The highest BCUT2D eigenvalue weighted by Gasteiger charge is 2.41.